The Morgan fingerprint density at radius 2 is 1.88 bits per heavy atom. The molecule has 158 valence electrons. The number of allylic oxidation sites excluding steroid dienone is 1. The van der Waals surface area contributed by atoms with Gasteiger partial charge in [-0.05, 0) is 61.7 Å². The minimum absolute atomic E-state index is 0.0578. The van der Waals surface area contributed by atoms with Gasteiger partial charge in [0.2, 0.25) is 0 Å². The SMILES string of the molecule is CC(=C[C@@]12c3ccccc3C(=O)N1CCc1c2[nH]c2ccccc12)c1cc(C)ccc1O. The molecule has 2 N–H and O–H groups in total. The number of carbonyl (C=O) groups excluding carboxylic acids is 1. The number of amides is 1. The predicted molar refractivity (Wildman–Crippen MR) is 127 cm³/mol. The molecule has 0 spiro atoms. The van der Waals surface area contributed by atoms with Crippen LogP contribution in [0.25, 0.3) is 16.5 Å². The Balaban J connectivity index is 1.70. The summed E-state index contributed by atoms with van der Waals surface area (Å²) in [7, 11) is 0. The third-order valence-electron chi connectivity index (χ3n) is 7.02. The van der Waals surface area contributed by atoms with Gasteiger partial charge in [-0.2, -0.15) is 0 Å². The lowest BCUT2D eigenvalue weighted by Crippen LogP contribution is -2.48. The average Bonchev–Trinajstić information content (AvgIpc) is 3.30. The first-order valence-corrected chi connectivity index (χ1v) is 11.0. The fourth-order valence-electron chi connectivity index (χ4n) is 5.59. The Hall–Kier alpha value is -3.79. The van der Waals surface area contributed by atoms with Gasteiger partial charge in [0.15, 0.2) is 0 Å². The number of hydrogen-bond donors (Lipinski definition) is 2. The maximum absolute atomic E-state index is 13.5. The summed E-state index contributed by atoms with van der Waals surface area (Å²) in [6.45, 7) is 4.68. The number of phenolic OH excluding ortho intramolecular Hbond substituents is 1. The molecular weight excluding hydrogens is 396 g/mol. The first kappa shape index (κ1) is 18.9. The molecule has 2 aliphatic heterocycles. The largest absolute Gasteiger partial charge is 0.507 e. The molecule has 3 heterocycles. The van der Waals surface area contributed by atoms with Crippen LogP contribution in [0.1, 0.15) is 45.2 Å². The number of nitrogens with one attached hydrogen (secondary N) is 1. The number of fused-ring (bicyclic) bond motifs is 7. The summed E-state index contributed by atoms with van der Waals surface area (Å²) < 4.78 is 0. The normalized spacial score (nSPS) is 19.8. The van der Waals surface area contributed by atoms with Crippen molar-refractivity contribution in [1.82, 2.24) is 9.88 Å². The smallest absolute Gasteiger partial charge is 0.255 e. The Bertz CT molecular complexity index is 1450. The Morgan fingerprint density at radius 3 is 2.75 bits per heavy atom. The molecule has 1 amide bonds. The average molecular weight is 421 g/mol. The molecule has 0 aliphatic carbocycles. The van der Waals surface area contributed by atoms with Crippen LogP contribution in [0.3, 0.4) is 0 Å². The van der Waals surface area contributed by atoms with Gasteiger partial charge in [0, 0.05) is 34.1 Å². The van der Waals surface area contributed by atoms with Gasteiger partial charge in [0.05, 0.1) is 5.69 Å². The zero-order chi connectivity index (χ0) is 22.0. The number of aromatic amines is 1. The van der Waals surface area contributed by atoms with Crippen LogP contribution in [-0.2, 0) is 12.0 Å². The standard InChI is InChI=1S/C28H24N2O2/c1-17-11-12-25(31)22(15-17)18(2)16-28-23-9-5-3-8-21(23)27(32)30(28)14-13-20-19-7-4-6-10-24(19)29-26(20)28/h3-12,15-16,29,31H,13-14H2,1-2H3/t28-/m0/s1. The highest BCUT2D eigenvalue weighted by molar-refractivity contribution is 6.03. The molecule has 0 saturated carbocycles. The molecule has 4 nitrogen and oxygen atoms in total. The van der Waals surface area contributed by atoms with Gasteiger partial charge in [0.1, 0.15) is 11.3 Å². The predicted octanol–water partition coefficient (Wildman–Crippen LogP) is 5.54. The van der Waals surface area contributed by atoms with Crippen LogP contribution >= 0.6 is 0 Å². The van der Waals surface area contributed by atoms with E-state index in [4.69, 9.17) is 0 Å². The maximum Gasteiger partial charge on any atom is 0.255 e. The number of aromatic nitrogens is 1. The lowest BCUT2D eigenvalue weighted by molar-refractivity contribution is 0.0666. The van der Waals surface area contributed by atoms with Gasteiger partial charge >= 0.3 is 0 Å². The van der Waals surface area contributed by atoms with Crippen LogP contribution in [0.4, 0.5) is 0 Å². The van der Waals surface area contributed by atoms with E-state index in [1.165, 1.54) is 10.9 Å². The minimum Gasteiger partial charge on any atom is -0.507 e. The van der Waals surface area contributed by atoms with E-state index in [2.05, 4.69) is 35.3 Å². The second-order valence-corrected chi connectivity index (χ2v) is 8.89. The summed E-state index contributed by atoms with van der Waals surface area (Å²) in [5.74, 6) is 0.306. The van der Waals surface area contributed by atoms with E-state index in [-0.39, 0.29) is 11.7 Å². The molecule has 6 rings (SSSR count). The monoisotopic (exact) mass is 420 g/mol. The van der Waals surface area contributed by atoms with E-state index in [9.17, 15) is 9.90 Å². The number of aromatic hydroxyl groups is 1. The highest BCUT2D eigenvalue weighted by Gasteiger charge is 2.53. The molecule has 32 heavy (non-hydrogen) atoms. The van der Waals surface area contributed by atoms with Crippen molar-refractivity contribution in [1.29, 1.82) is 0 Å². The molecule has 4 aromatic rings. The van der Waals surface area contributed by atoms with Gasteiger partial charge in [-0.1, -0.05) is 48.0 Å². The Kier molecular flexibility index (Phi) is 3.91. The summed E-state index contributed by atoms with van der Waals surface area (Å²) in [5.41, 5.74) is 7.21. The van der Waals surface area contributed by atoms with Crippen molar-refractivity contribution >= 4 is 22.4 Å². The van der Waals surface area contributed by atoms with Crippen molar-refractivity contribution in [2.24, 2.45) is 0 Å². The number of para-hydroxylation sites is 1. The van der Waals surface area contributed by atoms with Gasteiger partial charge in [-0.25, -0.2) is 0 Å². The number of benzene rings is 3. The summed E-state index contributed by atoms with van der Waals surface area (Å²) in [4.78, 5) is 19.2. The molecule has 4 heteroatoms. The van der Waals surface area contributed by atoms with E-state index in [0.717, 1.165) is 45.5 Å². The molecule has 0 bridgehead atoms. The molecule has 0 unspecified atom stereocenters. The summed E-state index contributed by atoms with van der Waals surface area (Å²) in [6, 6.07) is 21.9. The lowest BCUT2D eigenvalue weighted by Gasteiger charge is -2.41. The number of rotatable bonds is 2. The van der Waals surface area contributed by atoms with Gasteiger partial charge < -0.3 is 15.0 Å². The first-order valence-electron chi connectivity index (χ1n) is 11.0. The molecular formula is C28H24N2O2. The van der Waals surface area contributed by atoms with Crippen LogP contribution in [0.5, 0.6) is 5.75 Å². The van der Waals surface area contributed by atoms with Crippen LogP contribution in [-0.4, -0.2) is 27.4 Å². The third-order valence-corrected chi connectivity index (χ3v) is 7.02. The van der Waals surface area contributed by atoms with E-state index < -0.39 is 5.54 Å². The minimum atomic E-state index is -0.736. The van der Waals surface area contributed by atoms with Crippen molar-refractivity contribution in [3.8, 4) is 5.75 Å². The molecule has 0 fully saturated rings. The van der Waals surface area contributed by atoms with Crippen molar-refractivity contribution in [3.63, 3.8) is 0 Å². The molecule has 0 saturated heterocycles. The van der Waals surface area contributed by atoms with Gasteiger partial charge in [0.25, 0.3) is 5.91 Å². The van der Waals surface area contributed by atoms with Gasteiger partial charge in [-0.3, -0.25) is 4.79 Å². The van der Waals surface area contributed by atoms with E-state index >= 15 is 0 Å². The van der Waals surface area contributed by atoms with Crippen LogP contribution < -0.4 is 0 Å². The quantitative estimate of drug-likeness (QED) is 0.447. The van der Waals surface area contributed by atoms with Crippen molar-refractivity contribution in [2.75, 3.05) is 6.54 Å². The second kappa shape index (κ2) is 6.60. The maximum atomic E-state index is 13.5. The number of hydrogen-bond acceptors (Lipinski definition) is 2. The highest BCUT2D eigenvalue weighted by atomic mass is 16.3. The Morgan fingerprint density at radius 1 is 1.09 bits per heavy atom. The lowest BCUT2D eigenvalue weighted by atomic mass is 9.79. The molecule has 3 aromatic carbocycles. The second-order valence-electron chi connectivity index (χ2n) is 8.89. The van der Waals surface area contributed by atoms with Gasteiger partial charge in [-0.15, -0.1) is 0 Å². The van der Waals surface area contributed by atoms with Crippen LogP contribution in [0, 0.1) is 6.92 Å². The number of H-pyrrole nitrogens is 1. The zero-order valence-electron chi connectivity index (χ0n) is 18.1. The highest BCUT2D eigenvalue weighted by Crippen LogP contribution is 2.51. The third kappa shape index (κ3) is 2.41. The topological polar surface area (TPSA) is 56.3 Å². The molecule has 0 radical (unpaired) electrons. The summed E-state index contributed by atoms with van der Waals surface area (Å²) >= 11 is 0. The fraction of sp³-hybridized carbons (Fsp3) is 0.179. The zero-order valence-corrected chi connectivity index (χ0v) is 18.1. The molecule has 1 aromatic heterocycles. The fourth-order valence-corrected chi connectivity index (χ4v) is 5.59. The number of carbonyl (C=O) groups is 1. The summed E-state index contributed by atoms with van der Waals surface area (Å²) in [6.07, 6.45) is 2.97. The number of phenols is 1. The van der Waals surface area contributed by atoms with E-state index in [1.54, 1.807) is 6.07 Å². The first-order chi connectivity index (χ1) is 15.5. The molecule has 1 atom stereocenters. The number of aryl methyl sites for hydroxylation is 1. The number of nitrogens with zero attached hydrogens (tertiary/aromatic N) is 1. The van der Waals surface area contributed by atoms with Crippen molar-refractivity contribution < 1.29 is 9.90 Å². The van der Waals surface area contributed by atoms with Crippen LogP contribution in [0.15, 0.2) is 72.8 Å². The van der Waals surface area contributed by atoms with E-state index in [0.29, 0.717) is 6.54 Å². The van der Waals surface area contributed by atoms with E-state index in [1.807, 2.05) is 55.1 Å². The molecule has 2 aliphatic rings. The summed E-state index contributed by atoms with van der Waals surface area (Å²) in [5, 5.41) is 11.8. The van der Waals surface area contributed by atoms with Crippen molar-refractivity contribution in [3.05, 3.63) is 106 Å². The Labute approximate surface area is 186 Å². The van der Waals surface area contributed by atoms with Crippen LogP contribution in [0.2, 0.25) is 0 Å². The van der Waals surface area contributed by atoms with Crippen molar-refractivity contribution in [2.45, 2.75) is 25.8 Å².